The average molecular weight is 300 g/mol. The van der Waals surface area contributed by atoms with E-state index in [1.165, 1.54) is 24.3 Å². The third-order valence-corrected chi connectivity index (χ3v) is 3.77. The summed E-state index contributed by atoms with van der Waals surface area (Å²) < 4.78 is 36.9. The number of halogens is 1. The van der Waals surface area contributed by atoms with Gasteiger partial charge in [-0.25, -0.2) is 12.8 Å². The number of amides is 1. The van der Waals surface area contributed by atoms with Gasteiger partial charge in [0, 0.05) is 25.2 Å². The first kappa shape index (κ1) is 16.3. The first-order valence-electron chi connectivity index (χ1n) is 5.94. The highest BCUT2D eigenvalue weighted by Crippen LogP contribution is 2.09. The summed E-state index contributed by atoms with van der Waals surface area (Å²) in [5.74, 6) is -0.833. The van der Waals surface area contributed by atoms with Crippen LogP contribution in [-0.4, -0.2) is 38.0 Å². The van der Waals surface area contributed by atoms with Crippen LogP contribution in [0.2, 0.25) is 0 Å². The summed E-state index contributed by atoms with van der Waals surface area (Å²) in [6.45, 7) is 3.66. The minimum Gasteiger partial charge on any atom is -0.326 e. The number of nitrogens with one attached hydrogen (secondary N) is 1. The fourth-order valence-corrected chi connectivity index (χ4v) is 2.35. The zero-order chi connectivity index (χ0) is 15.2. The molecule has 7 heteroatoms. The summed E-state index contributed by atoms with van der Waals surface area (Å²) in [6.07, 6.45) is 2.50. The molecule has 0 aliphatic heterocycles. The first-order valence-corrected chi connectivity index (χ1v) is 7.79. The van der Waals surface area contributed by atoms with E-state index in [2.05, 4.69) is 11.9 Å². The minimum atomic E-state index is -3.38. The predicted molar refractivity (Wildman–Crippen MR) is 76.3 cm³/mol. The number of benzene rings is 1. The van der Waals surface area contributed by atoms with Crippen LogP contribution >= 0.6 is 0 Å². The normalized spacial score (nSPS) is 11.3. The van der Waals surface area contributed by atoms with Crippen LogP contribution in [0.3, 0.4) is 0 Å². The maximum Gasteiger partial charge on any atom is 0.225 e. The van der Waals surface area contributed by atoms with Gasteiger partial charge in [-0.2, -0.15) is 4.31 Å². The number of carbonyl (C=O) groups is 1. The fraction of sp³-hybridized carbons (Fsp3) is 0.308. The summed E-state index contributed by atoms with van der Waals surface area (Å²) in [5.41, 5.74) is 0.338. The molecule has 20 heavy (non-hydrogen) atoms. The standard InChI is InChI=1S/C13H17FN2O3S/c1-3-8-16(20(2,18)19)9-7-13(17)15-12-6-4-5-11(14)10-12/h3-6,10H,1,7-9H2,2H3,(H,15,17). The van der Waals surface area contributed by atoms with Crippen molar-refractivity contribution >= 4 is 21.6 Å². The van der Waals surface area contributed by atoms with Crippen LogP contribution < -0.4 is 5.32 Å². The number of rotatable bonds is 7. The molecule has 110 valence electrons. The predicted octanol–water partition coefficient (Wildman–Crippen LogP) is 1.60. The first-order chi connectivity index (χ1) is 9.32. The Balaban J connectivity index is 2.56. The smallest absolute Gasteiger partial charge is 0.225 e. The Bertz CT molecular complexity index is 587. The number of hydrogen-bond donors (Lipinski definition) is 1. The van der Waals surface area contributed by atoms with Crippen LogP contribution in [0.1, 0.15) is 6.42 Å². The molecule has 0 bridgehead atoms. The van der Waals surface area contributed by atoms with Gasteiger partial charge in [-0.15, -0.1) is 6.58 Å². The zero-order valence-electron chi connectivity index (χ0n) is 11.2. The highest BCUT2D eigenvalue weighted by atomic mass is 32.2. The van der Waals surface area contributed by atoms with Gasteiger partial charge in [-0.3, -0.25) is 4.79 Å². The number of carbonyl (C=O) groups excluding carboxylic acids is 1. The molecule has 1 amide bonds. The van der Waals surface area contributed by atoms with E-state index in [4.69, 9.17) is 0 Å². The zero-order valence-corrected chi connectivity index (χ0v) is 12.0. The Hall–Kier alpha value is -1.73. The van der Waals surface area contributed by atoms with Crippen molar-refractivity contribution in [2.45, 2.75) is 6.42 Å². The van der Waals surface area contributed by atoms with E-state index in [0.29, 0.717) is 5.69 Å². The lowest BCUT2D eigenvalue weighted by molar-refractivity contribution is -0.116. The Morgan fingerprint density at radius 1 is 1.50 bits per heavy atom. The van der Waals surface area contributed by atoms with Gasteiger partial charge in [0.15, 0.2) is 0 Å². The molecule has 1 rings (SSSR count). The maximum absolute atomic E-state index is 12.9. The van der Waals surface area contributed by atoms with Crippen LogP contribution in [-0.2, 0) is 14.8 Å². The molecule has 5 nitrogen and oxygen atoms in total. The Morgan fingerprint density at radius 3 is 2.75 bits per heavy atom. The minimum absolute atomic E-state index is 0.0164. The Labute approximate surface area is 118 Å². The molecule has 0 saturated carbocycles. The molecule has 0 spiro atoms. The van der Waals surface area contributed by atoms with Gasteiger partial charge < -0.3 is 5.32 Å². The second-order valence-electron chi connectivity index (χ2n) is 4.22. The van der Waals surface area contributed by atoms with Gasteiger partial charge in [0.05, 0.1) is 6.26 Å². The molecule has 0 radical (unpaired) electrons. The van der Waals surface area contributed by atoms with Crippen molar-refractivity contribution < 1.29 is 17.6 Å². The van der Waals surface area contributed by atoms with E-state index in [0.717, 1.165) is 10.6 Å². The quantitative estimate of drug-likeness (QED) is 0.778. The Morgan fingerprint density at radius 2 is 2.20 bits per heavy atom. The molecule has 0 heterocycles. The van der Waals surface area contributed by atoms with Gasteiger partial charge in [-0.05, 0) is 18.2 Å². The van der Waals surface area contributed by atoms with Crippen LogP contribution in [0.4, 0.5) is 10.1 Å². The van der Waals surface area contributed by atoms with E-state index in [9.17, 15) is 17.6 Å². The number of nitrogens with zero attached hydrogens (tertiary/aromatic N) is 1. The summed E-state index contributed by atoms with van der Waals surface area (Å²) in [5, 5.41) is 2.51. The van der Waals surface area contributed by atoms with E-state index in [1.807, 2.05) is 0 Å². The van der Waals surface area contributed by atoms with Gasteiger partial charge >= 0.3 is 0 Å². The summed E-state index contributed by atoms with van der Waals surface area (Å²) in [6, 6.07) is 5.49. The SMILES string of the molecule is C=CCN(CCC(=O)Nc1cccc(F)c1)S(C)(=O)=O. The summed E-state index contributed by atoms with van der Waals surface area (Å²) in [7, 11) is -3.38. The molecule has 0 aromatic heterocycles. The number of anilines is 1. The second kappa shape index (κ2) is 7.16. The van der Waals surface area contributed by atoms with E-state index in [1.54, 1.807) is 6.07 Å². The highest BCUT2D eigenvalue weighted by Gasteiger charge is 2.16. The molecule has 1 aromatic carbocycles. The monoisotopic (exact) mass is 300 g/mol. The van der Waals surface area contributed by atoms with Crippen LogP contribution in [0.15, 0.2) is 36.9 Å². The molecule has 1 aromatic rings. The van der Waals surface area contributed by atoms with Gasteiger partial charge in [-0.1, -0.05) is 12.1 Å². The largest absolute Gasteiger partial charge is 0.326 e. The van der Waals surface area contributed by atoms with Gasteiger partial charge in [0.1, 0.15) is 5.82 Å². The number of hydrogen-bond acceptors (Lipinski definition) is 3. The third kappa shape index (κ3) is 5.50. The molecular weight excluding hydrogens is 283 g/mol. The summed E-state index contributed by atoms with van der Waals surface area (Å²) in [4.78, 5) is 11.7. The van der Waals surface area contributed by atoms with Crippen molar-refractivity contribution in [3.63, 3.8) is 0 Å². The van der Waals surface area contributed by atoms with Crippen molar-refractivity contribution in [3.8, 4) is 0 Å². The molecular formula is C13H17FN2O3S. The molecule has 0 aliphatic carbocycles. The van der Waals surface area contributed by atoms with Crippen molar-refractivity contribution in [3.05, 3.63) is 42.7 Å². The fourth-order valence-electron chi connectivity index (χ4n) is 1.55. The molecule has 0 saturated heterocycles. The lowest BCUT2D eigenvalue weighted by atomic mass is 10.3. The van der Waals surface area contributed by atoms with E-state index >= 15 is 0 Å². The van der Waals surface area contributed by atoms with E-state index < -0.39 is 15.8 Å². The number of sulfonamides is 1. The topological polar surface area (TPSA) is 66.5 Å². The van der Waals surface area contributed by atoms with E-state index in [-0.39, 0.29) is 25.4 Å². The van der Waals surface area contributed by atoms with Crippen molar-refractivity contribution in [1.29, 1.82) is 0 Å². The van der Waals surface area contributed by atoms with Crippen molar-refractivity contribution in [1.82, 2.24) is 4.31 Å². The molecule has 0 aliphatic rings. The maximum atomic E-state index is 12.9. The average Bonchev–Trinajstić information content (AvgIpc) is 2.33. The van der Waals surface area contributed by atoms with Gasteiger partial charge in [0.25, 0.3) is 0 Å². The highest BCUT2D eigenvalue weighted by molar-refractivity contribution is 7.88. The molecule has 1 N–H and O–H groups in total. The molecule has 0 unspecified atom stereocenters. The van der Waals surface area contributed by atoms with Crippen LogP contribution in [0.25, 0.3) is 0 Å². The van der Waals surface area contributed by atoms with Crippen molar-refractivity contribution in [2.24, 2.45) is 0 Å². The van der Waals surface area contributed by atoms with Crippen LogP contribution in [0.5, 0.6) is 0 Å². The Kier molecular flexibility index (Phi) is 5.84. The summed E-state index contributed by atoms with van der Waals surface area (Å²) >= 11 is 0. The third-order valence-electron chi connectivity index (χ3n) is 2.50. The van der Waals surface area contributed by atoms with Crippen LogP contribution in [0, 0.1) is 5.82 Å². The molecule has 0 fully saturated rings. The molecule has 0 atom stereocenters. The lowest BCUT2D eigenvalue weighted by Gasteiger charge is -2.17. The van der Waals surface area contributed by atoms with Crippen molar-refractivity contribution in [2.75, 3.05) is 24.7 Å². The lowest BCUT2D eigenvalue weighted by Crippen LogP contribution is -2.33. The van der Waals surface area contributed by atoms with Gasteiger partial charge in [0.2, 0.25) is 15.9 Å². The second-order valence-corrected chi connectivity index (χ2v) is 6.20.